The maximum absolute atomic E-state index is 12.2. The second-order valence-electron chi connectivity index (χ2n) is 7.27. The molecule has 1 unspecified atom stereocenters. The van der Waals surface area contributed by atoms with Crippen LogP contribution in [0.4, 0.5) is 0 Å². The normalized spacial score (nSPS) is 28.4. The molecule has 2 fully saturated rings. The summed E-state index contributed by atoms with van der Waals surface area (Å²) in [5.41, 5.74) is 1.08. The van der Waals surface area contributed by atoms with Gasteiger partial charge in [-0.15, -0.1) is 0 Å². The largest absolute Gasteiger partial charge is 0.478 e. The van der Waals surface area contributed by atoms with E-state index in [9.17, 15) is 4.79 Å². The van der Waals surface area contributed by atoms with E-state index in [1.54, 1.807) is 0 Å². The minimum Gasteiger partial charge on any atom is -0.478 e. The molecule has 0 bridgehead atoms. The molecule has 3 rings (SSSR count). The van der Waals surface area contributed by atoms with Gasteiger partial charge < -0.3 is 9.64 Å². The summed E-state index contributed by atoms with van der Waals surface area (Å²) in [4.78, 5) is 18.5. The Kier molecular flexibility index (Phi) is 3.80. The summed E-state index contributed by atoms with van der Waals surface area (Å²) in [6.45, 7) is 5.01. The van der Waals surface area contributed by atoms with Gasteiger partial charge in [0.25, 0.3) is 5.91 Å². The van der Waals surface area contributed by atoms with Gasteiger partial charge in [-0.1, -0.05) is 25.7 Å². The topological polar surface area (TPSA) is 41.9 Å². The number of carbonyl (C=O) groups is 1. The van der Waals surface area contributed by atoms with Crippen molar-refractivity contribution in [2.24, 2.45) is 16.8 Å². The highest BCUT2D eigenvalue weighted by Gasteiger charge is 2.44. The van der Waals surface area contributed by atoms with Crippen molar-refractivity contribution < 1.29 is 9.53 Å². The summed E-state index contributed by atoms with van der Waals surface area (Å²) in [6.07, 6.45) is 9.26. The first-order valence-corrected chi connectivity index (χ1v) is 8.18. The third-order valence-corrected chi connectivity index (χ3v) is 5.40. The lowest BCUT2D eigenvalue weighted by Gasteiger charge is -2.30. The number of nitrogens with zero attached hydrogens (tertiary/aromatic N) is 2. The lowest BCUT2D eigenvalue weighted by atomic mass is 9.94. The number of likely N-dealkylation sites (tertiary alicyclic amines) is 1. The number of rotatable bonds is 3. The van der Waals surface area contributed by atoms with Crippen LogP contribution in [0, 0.1) is 11.8 Å². The SMILES string of the molecule is CN1C2=CC(OCCC3CCCC3)=NC(=O)C2CC1(C)C. The molecule has 3 aliphatic rings. The summed E-state index contributed by atoms with van der Waals surface area (Å²) in [6, 6.07) is 0. The molecule has 0 aromatic rings. The number of amides is 1. The Balaban J connectivity index is 1.61. The second kappa shape index (κ2) is 5.47. The van der Waals surface area contributed by atoms with Crippen LogP contribution in [-0.4, -0.2) is 35.9 Å². The molecule has 2 aliphatic heterocycles. The molecule has 1 saturated heterocycles. The summed E-state index contributed by atoms with van der Waals surface area (Å²) in [5.74, 6) is 1.19. The van der Waals surface area contributed by atoms with E-state index in [2.05, 4.69) is 30.8 Å². The van der Waals surface area contributed by atoms with Crippen molar-refractivity contribution in [3.63, 3.8) is 0 Å². The molecule has 4 heteroatoms. The quantitative estimate of drug-likeness (QED) is 0.802. The van der Waals surface area contributed by atoms with Gasteiger partial charge in [0.15, 0.2) is 0 Å². The van der Waals surface area contributed by atoms with Crippen LogP contribution in [0.3, 0.4) is 0 Å². The zero-order chi connectivity index (χ0) is 15.0. The van der Waals surface area contributed by atoms with Crippen molar-refractivity contribution in [1.29, 1.82) is 0 Å². The lowest BCUT2D eigenvalue weighted by molar-refractivity contribution is -0.120. The van der Waals surface area contributed by atoms with Gasteiger partial charge in [0, 0.05) is 24.4 Å². The minimum atomic E-state index is -0.0767. The Morgan fingerprint density at radius 2 is 2.10 bits per heavy atom. The van der Waals surface area contributed by atoms with Gasteiger partial charge in [-0.3, -0.25) is 4.79 Å². The predicted molar refractivity (Wildman–Crippen MR) is 83.0 cm³/mol. The van der Waals surface area contributed by atoms with Gasteiger partial charge in [0.2, 0.25) is 5.90 Å². The fourth-order valence-corrected chi connectivity index (χ4v) is 3.78. The fourth-order valence-electron chi connectivity index (χ4n) is 3.78. The Labute approximate surface area is 127 Å². The number of dihydropyridines is 1. The zero-order valence-electron chi connectivity index (χ0n) is 13.4. The fraction of sp³-hybridized carbons (Fsp3) is 0.765. The third kappa shape index (κ3) is 2.85. The second-order valence-corrected chi connectivity index (χ2v) is 7.27. The van der Waals surface area contributed by atoms with E-state index in [-0.39, 0.29) is 17.4 Å². The Morgan fingerprint density at radius 1 is 1.38 bits per heavy atom. The van der Waals surface area contributed by atoms with Crippen molar-refractivity contribution >= 4 is 11.8 Å². The van der Waals surface area contributed by atoms with Crippen molar-refractivity contribution in [2.45, 2.75) is 57.9 Å². The highest BCUT2D eigenvalue weighted by molar-refractivity contribution is 6.03. The molecule has 0 radical (unpaired) electrons. The summed E-state index contributed by atoms with van der Waals surface area (Å²) in [5, 5.41) is 0. The van der Waals surface area contributed by atoms with Crippen LogP contribution in [0.15, 0.2) is 16.8 Å². The number of hydrogen-bond acceptors (Lipinski definition) is 3. The zero-order valence-corrected chi connectivity index (χ0v) is 13.4. The van der Waals surface area contributed by atoms with E-state index < -0.39 is 0 Å². The molecule has 4 nitrogen and oxygen atoms in total. The third-order valence-electron chi connectivity index (χ3n) is 5.40. The van der Waals surface area contributed by atoms with Crippen molar-refractivity contribution in [1.82, 2.24) is 4.90 Å². The van der Waals surface area contributed by atoms with E-state index in [4.69, 9.17) is 4.74 Å². The average Bonchev–Trinajstić information content (AvgIpc) is 3.00. The van der Waals surface area contributed by atoms with Gasteiger partial charge in [0.05, 0.1) is 12.5 Å². The van der Waals surface area contributed by atoms with Crippen molar-refractivity contribution in [3.8, 4) is 0 Å². The van der Waals surface area contributed by atoms with Crippen LogP contribution in [0.5, 0.6) is 0 Å². The van der Waals surface area contributed by atoms with Crippen LogP contribution in [-0.2, 0) is 9.53 Å². The number of ether oxygens (including phenoxy) is 1. The average molecular weight is 290 g/mol. The molecule has 116 valence electrons. The van der Waals surface area contributed by atoms with Gasteiger partial charge in [-0.05, 0) is 32.6 Å². The molecule has 1 saturated carbocycles. The summed E-state index contributed by atoms with van der Waals surface area (Å²) < 4.78 is 5.77. The Morgan fingerprint density at radius 3 is 2.81 bits per heavy atom. The molecule has 0 aromatic carbocycles. The van der Waals surface area contributed by atoms with Crippen LogP contribution >= 0.6 is 0 Å². The molecule has 1 atom stereocenters. The first-order chi connectivity index (χ1) is 9.97. The molecular weight excluding hydrogens is 264 g/mol. The predicted octanol–water partition coefficient (Wildman–Crippen LogP) is 3.14. The summed E-state index contributed by atoms with van der Waals surface area (Å²) in [7, 11) is 2.06. The highest BCUT2D eigenvalue weighted by atomic mass is 16.5. The number of aliphatic imine (C=N–C) groups is 1. The van der Waals surface area contributed by atoms with Crippen LogP contribution in [0.2, 0.25) is 0 Å². The first-order valence-electron chi connectivity index (χ1n) is 8.18. The van der Waals surface area contributed by atoms with E-state index >= 15 is 0 Å². The molecule has 1 amide bonds. The standard InChI is InChI=1S/C17H26N2O2/c1-17(2)11-13-14(19(17)3)10-15(18-16(13)20)21-9-8-12-6-4-5-7-12/h10,12-13H,4-9,11H2,1-3H3. The van der Waals surface area contributed by atoms with Gasteiger partial charge in [0.1, 0.15) is 0 Å². The molecule has 0 N–H and O–H groups in total. The molecule has 21 heavy (non-hydrogen) atoms. The molecule has 1 aliphatic carbocycles. The van der Waals surface area contributed by atoms with E-state index in [0.29, 0.717) is 12.5 Å². The van der Waals surface area contributed by atoms with Gasteiger partial charge >= 0.3 is 0 Å². The van der Waals surface area contributed by atoms with Crippen LogP contribution in [0.1, 0.15) is 52.4 Å². The van der Waals surface area contributed by atoms with Crippen molar-refractivity contribution in [3.05, 3.63) is 11.8 Å². The van der Waals surface area contributed by atoms with Gasteiger partial charge in [-0.25, -0.2) is 0 Å². The molecular formula is C17H26N2O2. The first kappa shape index (κ1) is 14.6. The molecule has 0 spiro atoms. The monoisotopic (exact) mass is 290 g/mol. The summed E-state index contributed by atoms with van der Waals surface area (Å²) >= 11 is 0. The lowest BCUT2D eigenvalue weighted by Crippen LogP contribution is -2.33. The van der Waals surface area contributed by atoms with Crippen LogP contribution in [0.25, 0.3) is 0 Å². The minimum absolute atomic E-state index is 0.0149. The maximum atomic E-state index is 12.2. The van der Waals surface area contributed by atoms with E-state index in [1.165, 1.54) is 25.7 Å². The smallest absolute Gasteiger partial charge is 0.258 e. The number of carbonyl (C=O) groups excluding carboxylic acids is 1. The Bertz CT molecular complexity index is 487. The van der Waals surface area contributed by atoms with E-state index in [1.807, 2.05) is 6.08 Å². The number of fused-ring (bicyclic) bond motifs is 1. The van der Waals surface area contributed by atoms with E-state index in [0.717, 1.165) is 24.5 Å². The van der Waals surface area contributed by atoms with Crippen molar-refractivity contribution in [2.75, 3.05) is 13.7 Å². The molecule has 2 heterocycles. The van der Waals surface area contributed by atoms with Crippen LogP contribution < -0.4 is 0 Å². The molecule has 0 aromatic heterocycles. The maximum Gasteiger partial charge on any atom is 0.258 e. The Hall–Kier alpha value is -1.32. The van der Waals surface area contributed by atoms with Gasteiger partial charge in [-0.2, -0.15) is 4.99 Å². The highest BCUT2D eigenvalue weighted by Crippen LogP contribution is 2.41. The number of hydrogen-bond donors (Lipinski definition) is 0.